The highest BCUT2D eigenvalue weighted by Gasteiger charge is 2.06. The van der Waals surface area contributed by atoms with Gasteiger partial charge in [-0.3, -0.25) is 4.68 Å². The van der Waals surface area contributed by atoms with E-state index in [0.717, 1.165) is 22.8 Å². The zero-order valence-corrected chi connectivity index (χ0v) is 8.70. The second-order valence-electron chi connectivity index (χ2n) is 3.01. The molecule has 0 fully saturated rings. The molecule has 2 aromatic rings. The summed E-state index contributed by atoms with van der Waals surface area (Å²) in [4.78, 5) is 0. The number of hydrogen-bond donors (Lipinski definition) is 0. The molecule has 0 aliphatic rings. The van der Waals surface area contributed by atoms with Crippen LogP contribution in [0, 0.1) is 0 Å². The SMILES string of the molecule is CCn1nccc1-c1ccccc1Cl. The van der Waals surface area contributed by atoms with Gasteiger partial charge in [-0.2, -0.15) is 5.10 Å². The molecule has 1 aromatic carbocycles. The van der Waals surface area contributed by atoms with Crippen molar-refractivity contribution in [3.8, 4) is 11.3 Å². The van der Waals surface area contributed by atoms with Gasteiger partial charge in [0, 0.05) is 23.3 Å². The summed E-state index contributed by atoms with van der Waals surface area (Å²) in [5.74, 6) is 0. The van der Waals surface area contributed by atoms with Crippen LogP contribution in [0.2, 0.25) is 5.02 Å². The van der Waals surface area contributed by atoms with Gasteiger partial charge in [-0.1, -0.05) is 29.8 Å². The van der Waals surface area contributed by atoms with E-state index in [2.05, 4.69) is 12.0 Å². The Balaban J connectivity index is 2.54. The molecule has 1 aromatic heterocycles. The van der Waals surface area contributed by atoms with E-state index in [1.54, 1.807) is 6.20 Å². The van der Waals surface area contributed by atoms with E-state index < -0.39 is 0 Å². The molecule has 2 nitrogen and oxygen atoms in total. The standard InChI is InChI=1S/C11H11ClN2/c1-2-14-11(7-8-13-14)9-5-3-4-6-10(9)12/h3-8H,2H2,1H3. The average Bonchev–Trinajstić information content (AvgIpc) is 2.66. The van der Waals surface area contributed by atoms with E-state index in [-0.39, 0.29) is 0 Å². The van der Waals surface area contributed by atoms with Crippen LogP contribution >= 0.6 is 11.6 Å². The maximum atomic E-state index is 6.10. The molecule has 0 saturated carbocycles. The molecule has 0 N–H and O–H groups in total. The fourth-order valence-corrected chi connectivity index (χ4v) is 1.71. The van der Waals surface area contributed by atoms with E-state index in [1.165, 1.54) is 0 Å². The Bertz CT molecular complexity index is 434. The monoisotopic (exact) mass is 206 g/mol. The molecule has 1 heterocycles. The topological polar surface area (TPSA) is 17.8 Å². The van der Waals surface area contributed by atoms with Crippen LogP contribution in [0.1, 0.15) is 6.92 Å². The molecule has 0 aliphatic carbocycles. The highest BCUT2D eigenvalue weighted by Crippen LogP contribution is 2.26. The normalized spacial score (nSPS) is 10.4. The van der Waals surface area contributed by atoms with Crippen LogP contribution in [-0.4, -0.2) is 9.78 Å². The molecule has 0 amide bonds. The number of benzene rings is 1. The van der Waals surface area contributed by atoms with Gasteiger partial charge in [-0.15, -0.1) is 0 Å². The first kappa shape index (κ1) is 9.28. The first-order chi connectivity index (χ1) is 6.83. The molecule has 2 rings (SSSR count). The molecular formula is C11H11ClN2. The van der Waals surface area contributed by atoms with Crippen LogP contribution in [0.15, 0.2) is 36.5 Å². The Labute approximate surface area is 88.1 Å². The van der Waals surface area contributed by atoms with Crippen LogP contribution in [0.3, 0.4) is 0 Å². The fraction of sp³-hybridized carbons (Fsp3) is 0.182. The van der Waals surface area contributed by atoms with Gasteiger partial charge >= 0.3 is 0 Å². The van der Waals surface area contributed by atoms with E-state index in [0.29, 0.717) is 0 Å². The van der Waals surface area contributed by atoms with Crippen molar-refractivity contribution in [3.63, 3.8) is 0 Å². The Kier molecular flexibility index (Phi) is 2.55. The second-order valence-corrected chi connectivity index (χ2v) is 3.42. The van der Waals surface area contributed by atoms with Crippen LogP contribution in [0.4, 0.5) is 0 Å². The summed E-state index contributed by atoms with van der Waals surface area (Å²) in [6.45, 7) is 2.92. The maximum absolute atomic E-state index is 6.10. The summed E-state index contributed by atoms with van der Waals surface area (Å²) in [5.41, 5.74) is 2.10. The van der Waals surface area contributed by atoms with Gasteiger partial charge in [0.15, 0.2) is 0 Å². The lowest BCUT2D eigenvalue weighted by Crippen LogP contribution is -1.98. The van der Waals surface area contributed by atoms with Crippen molar-refractivity contribution in [2.24, 2.45) is 0 Å². The van der Waals surface area contributed by atoms with Crippen molar-refractivity contribution >= 4 is 11.6 Å². The van der Waals surface area contributed by atoms with E-state index in [4.69, 9.17) is 11.6 Å². The summed E-state index contributed by atoms with van der Waals surface area (Å²) in [6.07, 6.45) is 1.79. The van der Waals surface area contributed by atoms with Gasteiger partial charge < -0.3 is 0 Å². The first-order valence-electron chi connectivity index (χ1n) is 4.59. The zero-order chi connectivity index (χ0) is 9.97. The van der Waals surface area contributed by atoms with Crippen molar-refractivity contribution < 1.29 is 0 Å². The minimum atomic E-state index is 0.766. The van der Waals surface area contributed by atoms with E-state index in [1.807, 2.05) is 35.0 Å². The van der Waals surface area contributed by atoms with Crippen LogP contribution in [0.25, 0.3) is 11.3 Å². The van der Waals surface area contributed by atoms with Gasteiger partial charge in [-0.25, -0.2) is 0 Å². The van der Waals surface area contributed by atoms with E-state index >= 15 is 0 Å². The highest BCUT2D eigenvalue weighted by molar-refractivity contribution is 6.33. The Morgan fingerprint density at radius 1 is 1.29 bits per heavy atom. The summed E-state index contributed by atoms with van der Waals surface area (Å²) in [6, 6.07) is 9.78. The lowest BCUT2D eigenvalue weighted by atomic mass is 10.1. The lowest BCUT2D eigenvalue weighted by Gasteiger charge is -2.05. The Morgan fingerprint density at radius 3 is 2.79 bits per heavy atom. The number of aryl methyl sites for hydroxylation is 1. The molecular weight excluding hydrogens is 196 g/mol. The largest absolute Gasteiger partial charge is 0.265 e. The molecule has 0 saturated heterocycles. The molecule has 0 spiro atoms. The zero-order valence-electron chi connectivity index (χ0n) is 7.94. The van der Waals surface area contributed by atoms with Gasteiger partial charge in [0.2, 0.25) is 0 Å². The predicted octanol–water partition coefficient (Wildman–Crippen LogP) is 3.22. The van der Waals surface area contributed by atoms with Gasteiger partial charge in [0.25, 0.3) is 0 Å². The summed E-state index contributed by atoms with van der Waals surface area (Å²) < 4.78 is 1.93. The third-order valence-electron chi connectivity index (χ3n) is 2.17. The number of aromatic nitrogens is 2. The smallest absolute Gasteiger partial charge is 0.0697 e. The number of hydrogen-bond acceptors (Lipinski definition) is 1. The predicted molar refractivity (Wildman–Crippen MR) is 58.3 cm³/mol. The van der Waals surface area contributed by atoms with Crippen molar-refractivity contribution in [2.45, 2.75) is 13.5 Å². The maximum Gasteiger partial charge on any atom is 0.0697 e. The summed E-state index contributed by atoms with van der Waals surface area (Å²) in [7, 11) is 0. The molecule has 14 heavy (non-hydrogen) atoms. The van der Waals surface area contributed by atoms with Crippen molar-refractivity contribution in [3.05, 3.63) is 41.6 Å². The lowest BCUT2D eigenvalue weighted by molar-refractivity contribution is 0.667. The van der Waals surface area contributed by atoms with Gasteiger partial charge in [-0.05, 0) is 19.1 Å². The summed E-state index contributed by atoms with van der Waals surface area (Å²) in [5, 5.41) is 4.98. The van der Waals surface area contributed by atoms with Crippen molar-refractivity contribution in [1.82, 2.24) is 9.78 Å². The summed E-state index contributed by atoms with van der Waals surface area (Å²) >= 11 is 6.10. The van der Waals surface area contributed by atoms with Crippen molar-refractivity contribution in [1.29, 1.82) is 0 Å². The van der Waals surface area contributed by atoms with Crippen LogP contribution in [-0.2, 0) is 6.54 Å². The number of rotatable bonds is 2. The minimum absolute atomic E-state index is 0.766. The molecule has 0 aliphatic heterocycles. The fourth-order valence-electron chi connectivity index (χ4n) is 1.48. The first-order valence-corrected chi connectivity index (χ1v) is 4.97. The van der Waals surface area contributed by atoms with Crippen LogP contribution < -0.4 is 0 Å². The number of nitrogens with zero attached hydrogens (tertiary/aromatic N) is 2. The van der Waals surface area contributed by atoms with Gasteiger partial charge in [0.1, 0.15) is 0 Å². The molecule has 72 valence electrons. The molecule has 0 unspecified atom stereocenters. The quantitative estimate of drug-likeness (QED) is 0.738. The Hall–Kier alpha value is -1.28. The third kappa shape index (κ3) is 1.53. The van der Waals surface area contributed by atoms with Gasteiger partial charge in [0.05, 0.1) is 5.69 Å². The molecule has 0 radical (unpaired) electrons. The van der Waals surface area contributed by atoms with Crippen LogP contribution in [0.5, 0.6) is 0 Å². The Morgan fingerprint density at radius 2 is 2.07 bits per heavy atom. The minimum Gasteiger partial charge on any atom is -0.265 e. The molecule has 3 heteroatoms. The molecule has 0 bridgehead atoms. The van der Waals surface area contributed by atoms with E-state index in [9.17, 15) is 0 Å². The second kappa shape index (κ2) is 3.84. The number of halogens is 1. The van der Waals surface area contributed by atoms with Crippen molar-refractivity contribution in [2.75, 3.05) is 0 Å². The average molecular weight is 207 g/mol. The highest BCUT2D eigenvalue weighted by atomic mass is 35.5. The molecule has 0 atom stereocenters. The third-order valence-corrected chi connectivity index (χ3v) is 2.50.